The zero-order chi connectivity index (χ0) is 12.6. The molecule has 2 rings (SSSR count). The van der Waals surface area contributed by atoms with E-state index >= 15 is 0 Å². The molecule has 0 saturated heterocycles. The minimum atomic E-state index is -0.0847. The molecule has 0 unspecified atom stereocenters. The maximum Gasteiger partial charge on any atom is 0.315 e. The summed E-state index contributed by atoms with van der Waals surface area (Å²) in [6, 6.07) is 9.88. The molecule has 1 fully saturated rings. The van der Waals surface area contributed by atoms with Crippen molar-refractivity contribution in [2.45, 2.75) is 31.7 Å². The van der Waals surface area contributed by atoms with Gasteiger partial charge in [0.1, 0.15) is 12.4 Å². The number of hydrogen-bond donors (Lipinski definition) is 2. The van der Waals surface area contributed by atoms with Gasteiger partial charge in [-0.05, 0) is 25.0 Å². The quantitative estimate of drug-likeness (QED) is 0.786. The molecule has 1 aliphatic rings. The topological polar surface area (TPSA) is 50.4 Å². The lowest BCUT2D eigenvalue weighted by molar-refractivity contribution is 0.233. The molecule has 0 heterocycles. The lowest BCUT2D eigenvalue weighted by Gasteiger charge is -2.13. The molecule has 2 amide bonds. The Morgan fingerprint density at radius 2 is 1.94 bits per heavy atom. The molecule has 98 valence electrons. The number of carbonyl (C=O) groups excluding carboxylic acids is 1. The number of hydrogen-bond acceptors (Lipinski definition) is 2. The van der Waals surface area contributed by atoms with Crippen molar-refractivity contribution in [2.75, 3.05) is 13.2 Å². The van der Waals surface area contributed by atoms with Crippen molar-refractivity contribution >= 4 is 6.03 Å². The molecule has 4 nitrogen and oxygen atoms in total. The van der Waals surface area contributed by atoms with Gasteiger partial charge in [-0.3, -0.25) is 0 Å². The molecule has 0 aliphatic heterocycles. The van der Waals surface area contributed by atoms with E-state index in [1.54, 1.807) is 0 Å². The summed E-state index contributed by atoms with van der Waals surface area (Å²) in [5.41, 5.74) is 0. The monoisotopic (exact) mass is 248 g/mol. The third-order valence-electron chi connectivity index (χ3n) is 3.09. The second-order valence-corrected chi connectivity index (χ2v) is 4.54. The van der Waals surface area contributed by atoms with Gasteiger partial charge in [-0.1, -0.05) is 31.0 Å². The van der Waals surface area contributed by atoms with Crippen LogP contribution in [0.3, 0.4) is 0 Å². The van der Waals surface area contributed by atoms with E-state index in [0.717, 1.165) is 18.6 Å². The maximum absolute atomic E-state index is 11.5. The summed E-state index contributed by atoms with van der Waals surface area (Å²) in [4.78, 5) is 11.5. The molecule has 2 N–H and O–H groups in total. The van der Waals surface area contributed by atoms with Crippen LogP contribution in [0.15, 0.2) is 30.3 Å². The van der Waals surface area contributed by atoms with Gasteiger partial charge in [0.15, 0.2) is 0 Å². The van der Waals surface area contributed by atoms with Crippen LogP contribution in [0.25, 0.3) is 0 Å². The highest BCUT2D eigenvalue weighted by Crippen LogP contribution is 2.17. The van der Waals surface area contributed by atoms with Gasteiger partial charge < -0.3 is 15.4 Å². The smallest absolute Gasteiger partial charge is 0.315 e. The fraction of sp³-hybridized carbons (Fsp3) is 0.500. The summed E-state index contributed by atoms with van der Waals surface area (Å²) in [7, 11) is 0. The van der Waals surface area contributed by atoms with Crippen LogP contribution >= 0.6 is 0 Å². The lowest BCUT2D eigenvalue weighted by atomic mass is 10.3. The van der Waals surface area contributed by atoms with Crippen molar-refractivity contribution in [1.29, 1.82) is 0 Å². The Morgan fingerprint density at radius 3 is 2.67 bits per heavy atom. The van der Waals surface area contributed by atoms with E-state index < -0.39 is 0 Å². The zero-order valence-electron chi connectivity index (χ0n) is 10.5. The first-order chi connectivity index (χ1) is 8.84. The summed E-state index contributed by atoms with van der Waals surface area (Å²) in [6.07, 6.45) is 4.66. The predicted molar refractivity (Wildman–Crippen MR) is 70.7 cm³/mol. The molecular formula is C14H20N2O2. The molecule has 0 radical (unpaired) electrons. The zero-order valence-corrected chi connectivity index (χ0v) is 10.5. The van der Waals surface area contributed by atoms with E-state index in [0.29, 0.717) is 19.2 Å². The molecule has 1 saturated carbocycles. The first kappa shape index (κ1) is 12.7. The summed E-state index contributed by atoms with van der Waals surface area (Å²) in [6.45, 7) is 1.01. The third kappa shape index (κ3) is 4.28. The second-order valence-electron chi connectivity index (χ2n) is 4.54. The van der Waals surface area contributed by atoms with Crippen molar-refractivity contribution in [3.8, 4) is 5.75 Å². The van der Waals surface area contributed by atoms with E-state index in [1.165, 1.54) is 12.8 Å². The molecule has 18 heavy (non-hydrogen) atoms. The molecule has 0 spiro atoms. The van der Waals surface area contributed by atoms with Gasteiger partial charge >= 0.3 is 6.03 Å². The lowest BCUT2D eigenvalue weighted by Crippen LogP contribution is -2.42. The first-order valence-corrected chi connectivity index (χ1v) is 6.57. The van der Waals surface area contributed by atoms with Gasteiger partial charge in [-0.2, -0.15) is 0 Å². The molecule has 0 bridgehead atoms. The fourth-order valence-electron chi connectivity index (χ4n) is 2.16. The SMILES string of the molecule is O=C(NCCOc1ccccc1)NC1CCCC1. The minimum absolute atomic E-state index is 0.0847. The number of rotatable bonds is 5. The maximum atomic E-state index is 11.5. The van der Waals surface area contributed by atoms with E-state index in [9.17, 15) is 4.79 Å². The largest absolute Gasteiger partial charge is 0.492 e. The van der Waals surface area contributed by atoms with Crippen molar-refractivity contribution in [1.82, 2.24) is 10.6 Å². The Hall–Kier alpha value is -1.71. The number of benzene rings is 1. The normalized spacial score (nSPS) is 15.3. The van der Waals surface area contributed by atoms with Gasteiger partial charge in [0, 0.05) is 6.04 Å². The molecule has 1 aliphatic carbocycles. The summed E-state index contributed by atoms with van der Waals surface area (Å²) in [5, 5.41) is 5.78. The molecular weight excluding hydrogens is 228 g/mol. The van der Waals surface area contributed by atoms with E-state index in [2.05, 4.69) is 10.6 Å². The summed E-state index contributed by atoms with van der Waals surface area (Å²) < 4.78 is 5.48. The van der Waals surface area contributed by atoms with Gasteiger partial charge in [0.2, 0.25) is 0 Å². The van der Waals surface area contributed by atoms with Crippen LogP contribution in [-0.4, -0.2) is 25.2 Å². The van der Waals surface area contributed by atoms with Crippen LogP contribution < -0.4 is 15.4 Å². The van der Waals surface area contributed by atoms with E-state index in [4.69, 9.17) is 4.74 Å². The minimum Gasteiger partial charge on any atom is -0.492 e. The van der Waals surface area contributed by atoms with Gasteiger partial charge in [0.05, 0.1) is 6.54 Å². The van der Waals surface area contributed by atoms with E-state index in [1.807, 2.05) is 30.3 Å². The second kappa shape index (κ2) is 6.89. The average Bonchev–Trinajstić information content (AvgIpc) is 2.89. The van der Waals surface area contributed by atoms with Crippen molar-refractivity contribution < 1.29 is 9.53 Å². The Bertz CT molecular complexity index is 361. The number of urea groups is 1. The Balaban J connectivity index is 1.56. The van der Waals surface area contributed by atoms with Crippen LogP contribution in [0.1, 0.15) is 25.7 Å². The number of carbonyl (C=O) groups is 1. The van der Waals surface area contributed by atoms with Crippen molar-refractivity contribution in [2.24, 2.45) is 0 Å². The molecule has 1 aromatic carbocycles. The van der Waals surface area contributed by atoms with Crippen molar-refractivity contribution in [3.63, 3.8) is 0 Å². The van der Waals surface area contributed by atoms with Crippen LogP contribution in [0.4, 0.5) is 4.79 Å². The average molecular weight is 248 g/mol. The third-order valence-corrected chi connectivity index (χ3v) is 3.09. The van der Waals surface area contributed by atoms with Gasteiger partial charge in [-0.15, -0.1) is 0 Å². The Kier molecular flexibility index (Phi) is 4.88. The first-order valence-electron chi connectivity index (χ1n) is 6.57. The van der Waals surface area contributed by atoms with Crippen LogP contribution in [0.5, 0.6) is 5.75 Å². The van der Waals surface area contributed by atoms with Gasteiger partial charge in [-0.25, -0.2) is 4.79 Å². The summed E-state index contributed by atoms with van der Waals surface area (Å²) >= 11 is 0. The number of ether oxygens (including phenoxy) is 1. The standard InChI is InChI=1S/C14H20N2O2/c17-14(16-12-6-4-5-7-12)15-10-11-18-13-8-2-1-3-9-13/h1-3,8-9,12H,4-7,10-11H2,(H2,15,16,17). The van der Waals surface area contributed by atoms with Crippen molar-refractivity contribution in [3.05, 3.63) is 30.3 Å². The number of nitrogens with one attached hydrogen (secondary N) is 2. The highest BCUT2D eigenvalue weighted by atomic mass is 16.5. The van der Waals surface area contributed by atoms with Crippen LogP contribution in [0, 0.1) is 0 Å². The molecule has 0 aromatic heterocycles. The number of amides is 2. The molecule has 4 heteroatoms. The molecule has 0 atom stereocenters. The van der Waals surface area contributed by atoms with Gasteiger partial charge in [0.25, 0.3) is 0 Å². The highest BCUT2D eigenvalue weighted by Gasteiger charge is 2.16. The van der Waals surface area contributed by atoms with E-state index in [-0.39, 0.29) is 6.03 Å². The predicted octanol–water partition coefficient (Wildman–Crippen LogP) is 2.31. The Morgan fingerprint density at radius 1 is 1.22 bits per heavy atom. The Labute approximate surface area is 108 Å². The number of para-hydroxylation sites is 1. The fourth-order valence-corrected chi connectivity index (χ4v) is 2.16. The van der Waals surface area contributed by atoms with Crippen LogP contribution in [0.2, 0.25) is 0 Å². The molecule has 1 aromatic rings. The summed E-state index contributed by atoms with van der Waals surface area (Å²) in [5.74, 6) is 0.829. The van der Waals surface area contributed by atoms with Crippen LogP contribution in [-0.2, 0) is 0 Å². The highest BCUT2D eigenvalue weighted by molar-refractivity contribution is 5.74.